The van der Waals surface area contributed by atoms with Crippen LogP contribution in [0.2, 0.25) is 5.02 Å². The van der Waals surface area contributed by atoms with Crippen LogP contribution in [0.25, 0.3) is 11.3 Å². The molecule has 3 heterocycles. The Morgan fingerprint density at radius 1 is 1.12 bits per heavy atom. The maximum absolute atomic E-state index is 14.1. The monoisotopic (exact) mass is 460 g/mol. The molecule has 1 atom stereocenters. The predicted molar refractivity (Wildman–Crippen MR) is 125 cm³/mol. The minimum Gasteiger partial charge on any atom is -0.378 e. The van der Waals surface area contributed by atoms with Gasteiger partial charge in [-0.2, -0.15) is 10.3 Å². The lowest BCUT2D eigenvalue weighted by Gasteiger charge is -2.23. The molecule has 4 aromatic rings. The first-order valence-corrected chi connectivity index (χ1v) is 11.3. The number of halogens is 1. The van der Waals surface area contributed by atoms with E-state index in [0.29, 0.717) is 23.6 Å². The summed E-state index contributed by atoms with van der Waals surface area (Å²) in [5.41, 5.74) is 4.57. The Bertz CT molecular complexity index is 1470. The van der Waals surface area contributed by atoms with E-state index in [4.69, 9.17) is 16.1 Å². The van der Waals surface area contributed by atoms with Gasteiger partial charge in [0, 0.05) is 23.3 Å². The van der Waals surface area contributed by atoms with Crippen LogP contribution in [0, 0.1) is 0 Å². The third kappa shape index (κ3) is 2.99. The van der Waals surface area contributed by atoms with Crippen LogP contribution in [0.3, 0.4) is 0 Å². The molecule has 6 rings (SSSR count). The summed E-state index contributed by atoms with van der Waals surface area (Å²) in [4.78, 5) is 27.3. The van der Waals surface area contributed by atoms with Crippen LogP contribution >= 0.6 is 11.6 Å². The highest BCUT2D eigenvalue weighted by atomic mass is 35.5. The Labute approximate surface area is 194 Å². The lowest BCUT2D eigenvalue weighted by molar-refractivity contribution is -0.122. The summed E-state index contributed by atoms with van der Waals surface area (Å²) in [6, 6.07) is 13.1. The van der Waals surface area contributed by atoms with Crippen molar-refractivity contribution < 1.29 is 9.32 Å². The van der Waals surface area contributed by atoms with E-state index in [1.807, 2.05) is 47.3 Å². The second-order valence-corrected chi connectivity index (χ2v) is 9.20. The fraction of sp³-hybridized carbons (Fsp3) is 0.240. The van der Waals surface area contributed by atoms with Gasteiger partial charge in [-0.1, -0.05) is 36.7 Å². The Hall–Kier alpha value is -3.58. The van der Waals surface area contributed by atoms with Gasteiger partial charge in [0.2, 0.25) is 5.91 Å². The largest absolute Gasteiger partial charge is 0.378 e. The number of amides is 1. The van der Waals surface area contributed by atoms with Gasteiger partial charge in [-0.15, -0.1) is 0 Å². The number of nitrogens with zero attached hydrogens (tertiary/aromatic N) is 3. The topological polar surface area (TPSA) is 84.1 Å². The average Bonchev–Trinajstić information content (AvgIpc) is 3.55. The molecule has 7 nitrogen and oxygen atoms in total. The van der Waals surface area contributed by atoms with Crippen molar-refractivity contribution >= 4 is 28.9 Å². The van der Waals surface area contributed by atoms with Gasteiger partial charge in [0.25, 0.3) is 5.56 Å². The predicted octanol–water partition coefficient (Wildman–Crippen LogP) is 4.61. The number of H-pyrrole nitrogens is 1. The molecule has 0 fully saturated rings. The van der Waals surface area contributed by atoms with Crippen molar-refractivity contribution in [3.8, 4) is 11.3 Å². The van der Waals surface area contributed by atoms with E-state index in [2.05, 4.69) is 17.2 Å². The number of aromatic amines is 1. The van der Waals surface area contributed by atoms with E-state index in [0.717, 1.165) is 46.6 Å². The third-order valence-corrected chi connectivity index (χ3v) is 6.89. The normalized spacial score (nSPS) is 18.8. The van der Waals surface area contributed by atoms with Gasteiger partial charge >= 0.3 is 0 Å². The SMILES string of the molecule is CCCn1cc(N2C(=O)C3(Cc4ccc(-c5cc(=O)[nH]o5)cc4C3)c3ccc(Cl)cc32)cn1. The van der Waals surface area contributed by atoms with Crippen LogP contribution in [0.15, 0.2) is 64.2 Å². The molecule has 33 heavy (non-hydrogen) atoms. The van der Waals surface area contributed by atoms with Crippen molar-refractivity contribution in [2.75, 3.05) is 4.90 Å². The van der Waals surface area contributed by atoms with Crippen molar-refractivity contribution in [3.63, 3.8) is 0 Å². The molecule has 1 unspecified atom stereocenters. The van der Waals surface area contributed by atoms with Crippen molar-refractivity contribution in [2.45, 2.75) is 38.1 Å². The number of rotatable bonds is 4. The van der Waals surface area contributed by atoms with Gasteiger partial charge in [0.15, 0.2) is 5.76 Å². The van der Waals surface area contributed by atoms with Crippen LogP contribution < -0.4 is 10.5 Å². The van der Waals surface area contributed by atoms with Gasteiger partial charge in [0.1, 0.15) is 0 Å². The average molecular weight is 461 g/mol. The zero-order valence-electron chi connectivity index (χ0n) is 18.0. The molecule has 1 aliphatic heterocycles. The first-order chi connectivity index (χ1) is 16.0. The van der Waals surface area contributed by atoms with Gasteiger partial charge in [-0.05, 0) is 54.2 Å². The molecule has 2 aromatic heterocycles. The summed E-state index contributed by atoms with van der Waals surface area (Å²) in [7, 11) is 0. The zero-order chi connectivity index (χ0) is 22.7. The molecule has 1 N–H and O–H groups in total. The van der Waals surface area contributed by atoms with Crippen molar-refractivity contribution in [3.05, 3.63) is 86.9 Å². The fourth-order valence-electron chi connectivity index (χ4n) is 5.21. The van der Waals surface area contributed by atoms with Crippen LogP contribution in [0.5, 0.6) is 0 Å². The number of anilines is 2. The number of nitrogens with one attached hydrogen (secondary N) is 1. The molecule has 1 aliphatic carbocycles. The number of aromatic nitrogens is 3. The number of hydrogen-bond donors (Lipinski definition) is 1. The minimum atomic E-state index is -0.702. The maximum atomic E-state index is 14.1. The van der Waals surface area contributed by atoms with Crippen molar-refractivity contribution in [1.29, 1.82) is 0 Å². The second kappa shape index (κ2) is 7.22. The van der Waals surface area contributed by atoms with E-state index < -0.39 is 5.41 Å². The number of carbonyl (C=O) groups is 1. The van der Waals surface area contributed by atoms with Gasteiger partial charge in [-0.25, -0.2) is 0 Å². The van der Waals surface area contributed by atoms with Crippen LogP contribution in [0.4, 0.5) is 11.4 Å². The van der Waals surface area contributed by atoms with Gasteiger partial charge in [-0.3, -0.25) is 19.2 Å². The summed E-state index contributed by atoms with van der Waals surface area (Å²) >= 11 is 6.36. The Balaban J connectivity index is 1.44. The highest BCUT2D eigenvalue weighted by Crippen LogP contribution is 2.53. The summed E-state index contributed by atoms with van der Waals surface area (Å²) in [6.07, 6.45) is 5.79. The number of hydrogen-bond acceptors (Lipinski definition) is 4. The quantitative estimate of drug-likeness (QED) is 0.482. The standard InChI is InChI=1S/C25H21ClN4O3/c1-2-7-29-14-19(13-27-29)30-21-9-18(26)5-6-20(21)25(24(30)32)11-16-4-3-15(8-17(16)12-25)22-10-23(31)28-33-22/h3-6,8-10,13-14H,2,7,11-12H2,1H3,(H,28,31). The molecule has 0 saturated carbocycles. The van der Waals surface area contributed by atoms with E-state index in [9.17, 15) is 9.59 Å². The number of benzene rings is 2. The molecule has 0 bridgehead atoms. The number of aryl methyl sites for hydroxylation is 1. The number of carbonyl (C=O) groups excluding carboxylic acids is 1. The van der Waals surface area contributed by atoms with Crippen LogP contribution in [-0.4, -0.2) is 20.8 Å². The zero-order valence-corrected chi connectivity index (χ0v) is 18.7. The Morgan fingerprint density at radius 2 is 1.97 bits per heavy atom. The summed E-state index contributed by atoms with van der Waals surface area (Å²) in [5, 5.41) is 7.35. The molecular formula is C25H21ClN4O3. The molecule has 0 radical (unpaired) electrons. The van der Waals surface area contributed by atoms with Gasteiger partial charge < -0.3 is 4.52 Å². The van der Waals surface area contributed by atoms with Gasteiger partial charge in [0.05, 0.1) is 29.1 Å². The minimum absolute atomic E-state index is 0.0294. The summed E-state index contributed by atoms with van der Waals surface area (Å²) < 4.78 is 7.14. The van der Waals surface area contributed by atoms with Crippen LogP contribution in [-0.2, 0) is 29.6 Å². The summed E-state index contributed by atoms with van der Waals surface area (Å²) in [6.45, 7) is 2.88. The van der Waals surface area contributed by atoms with E-state index in [1.165, 1.54) is 6.07 Å². The Morgan fingerprint density at radius 3 is 2.76 bits per heavy atom. The highest BCUT2D eigenvalue weighted by molar-refractivity contribution is 6.31. The molecule has 8 heteroatoms. The first kappa shape index (κ1) is 20.1. The molecule has 0 saturated heterocycles. The molecule has 2 aromatic carbocycles. The molecule has 1 spiro atoms. The molecular weight excluding hydrogens is 440 g/mol. The number of fused-ring (bicyclic) bond motifs is 3. The second-order valence-electron chi connectivity index (χ2n) is 8.76. The molecule has 1 amide bonds. The van der Waals surface area contributed by atoms with Crippen molar-refractivity contribution in [2.24, 2.45) is 0 Å². The van der Waals surface area contributed by atoms with E-state index >= 15 is 0 Å². The van der Waals surface area contributed by atoms with Crippen LogP contribution in [0.1, 0.15) is 30.0 Å². The lowest BCUT2D eigenvalue weighted by Crippen LogP contribution is -2.39. The molecule has 166 valence electrons. The molecule has 2 aliphatic rings. The fourth-order valence-corrected chi connectivity index (χ4v) is 5.37. The lowest BCUT2D eigenvalue weighted by atomic mass is 9.79. The highest BCUT2D eigenvalue weighted by Gasteiger charge is 2.54. The smallest absolute Gasteiger partial charge is 0.280 e. The summed E-state index contributed by atoms with van der Waals surface area (Å²) in [5.74, 6) is 0.514. The van der Waals surface area contributed by atoms with Crippen molar-refractivity contribution in [1.82, 2.24) is 14.9 Å². The van der Waals surface area contributed by atoms with E-state index in [-0.39, 0.29) is 11.5 Å². The van der Waals surface area contributed by atoms with E-state index in [1.54, 1.807) is 11.1 Å². The third-order valence-electron chi connectivity index (χ3n) is 6.66. The maximum Gasteiger partial charge on any atom is 0.280 e. The Kier molecular flexibility index (Phi) is 4.39. The first-order valence-electron chi connectivity index (χ1n) is 11.0.